The number of hydrogen-bond acceptors (Lipinski definition) is 2. The molecule has 0 aromatic heterocycles. The van der Waals surface area contributed by atoms with E-state index in [4.69, 9.17) is 16.3 Å². The maximum absolute atomic E-state index is 12.8. The van der Waals surface area contributed by atoms with E-state index in [1.807, 2.05) is 0 Å². The van der Waals surface area contributed by atoms with Crippen molar-refractivity contribution in [2.24, 2.45) is 0 Å². The minimum atomic E-state index is -0.298. The topological polar surface area (TPSA) is 21.3 Å². The van der Waals surface area contributed by atoms with Crippen molar-refractivity contribution in [1.82, 2.24) is 5.32 Å². The summed E-state index contributed by atoms with van der Waals surface area (Å²) in [5, 5.41) is 3.74. The fourth-order valence-electron chi connectivity index (χ4n) is 1.84. The van der Waals surface area contributed by atoms with Crippen LogP contribution in [0, 0.1) is 5.82 Å². The summed E-state index contributed by atoms with van der Waals surface area (Å²) in [6.45, 7) is 2.34. The summed E-state index contributed by atoms with van der Waals surface area (Å²) in [7, 11) is 0. The molecule has 1 N–H and O–H groups in total. The Hall–Kier alpha value is -0.640. The quantitative estimate of drug-likeness (QED) is 0.878. The number of nitrogens with one attached hydrogen (secondary N) is 1. The Morgan fingerprint density at radius 3 is 3.06 bits per heavy atom. The van der Waals surface area contributed by atoms with Crippen LogP contribution in [0.5, 0.6) is 0 Å². The molecule has 4 heteroatoms. The first-order valence-electron chi connectivity index (χ1n) is 5.52. The monoisotopic (exact) mass is 243 g/mol. The van der Waals surface area contributed by atoms with E-state index < -0.39 is 0 Å². The summed E-state index contributed by atoms with van der Waals surface area (Å²) in [5.41, 5.74) is 0.918. The van der Waals surface area contributed by atoms with E-state index in [2.05, 4.69) is 5.32 Å². The molecule has 2 nitrogen and oxygen atoms in total. The average Bonchev–Trinajstić information content (AvgIpc) is 2.74. The van der Waals surface area contributed by atoms with Crippen LogP contribution in [0.4, 0.5) is 4.39 Å². The summed E-state index contributed by atoms with van der Waals surface area (Å²) in [6, 6.07) is 4.47. The molecule has 1 aliphatic rings. The van der Waals surface area contributed by atoms with Crippen LogP contribution in [0.15, 0.2) is 18.2 Å². The van der Waals surface area contributed by atoms with Crippen molar-refractivity contribution < 1.29 is 9.13 Å². The predicted molar refractivity (Wildman–Crippen MR) is 62.1 cm³/mol. The zero-order chi connectivity index (χ0) is 11.4. The van der Waals surface area contributed by atoms with Crippen LogP contribution in [-0.4, -0.2) is 19.3 Å². The molecule has 1 atom stereocenters. The molecule has 0 aliphatic carbocycles. The number of halogens is 2. The third-order valence-electron chi connectivity index (χ3n) is 2.73. The van der Waals surface area contributed by atoms with Crippen molar-refractivity contribution in [1.29, 1.82) is 0 Å². The highest BCUT2D eigenvalue weighted by Crippen LogP contribution is 2.17. The van der Waals surface area contributed by atoms with E-state index in [0.29, 0.717) is 17.7 Å². The zero-order valence-electron chi connectivity index (χ0n) is 9.01. The van der Waals surface area contributed by atoms with Crippen LogP contribution in [0.3, 0.4) is 0 Å². The highest BCUT2D eigenvalue weighted by atomic mass is 35.5. The lowest BCUT2D eigenvalue weighted by atomic mass is 10.2. The molecule has 88 valence electrons. The molecular formula is C12H15ClFNO. The van der Waals surface area contributed by atoms with Crippen molar-refractivity contribution in [3.8, 4) is 0 Å². The molecule has 0 amide bonds. The standard InChI is InChI=1S/C12H15ClFNO/c13-12-6-10(14)4-3-9(12)7-15-8-11-2-1-5-16-11/h3-4,6,11,15H,1-2,5,7-8H2. The number of hydrogen-bond donors (Lipinski definition) is 1. The lowest BCUT2D eigenvalue weighted by molar-refractivity contribution is 0.110. The smallest absolute Gasteiger partial charge is 0.124 e. The Balaban J connectivity index is 1.80. The molecule has 2 rings (SSSR count). The van der Waals surface area contributed by atoms with Gasteiger partial charge < -0.3 is 10.1 Å². The van der Waals surface area contributed by atoms with Gasteiger partial charge in [0.2, 0.25) is 0 Å². The zero-order valence-corrected chi connectivity index (χ0v) is 9.77. The second-order valence-electron chi connectivity index (χ2n) is 4.00. The van der Waals surface area contributed by atoms with Gasteiger partial charge in [0.25, 0.3) is 0 Å². The third-order valence-corrected chi connectivity index (χ3v) is 3.08. The van der Waals surface area contributed by atoms with Crippen molar-refractivity contribution in [3.05, 3.63) is 34.6 Å². The molecule has 1 aromatic rings. The molecule has 1 aromatic carbocycles. The van der Waals surface area contributed by atoms with Crippen molar-refractivity contribution in [2.45, 2.75) is 25.5 Å². The fraction of sp³-hybridized carbons (Fsp3) is 0.500. The van der Waals surface area contributed by atoms with Gasteiger partial charge in [0.05, 0.1) is 6.10 Å². The molecule has 1 heterocycles. The fourth-order valence-corrected chi connectivity index (χ4v) is 2.07. The van der Waals surface area contributed by atoms with Crippen LogP contribution >= 0.6 is 11.6 Å². The van der Waals surface area contributed by atoms with Crippen LogP contribution in [0.25, 0.3) is 0 Å². The van der Waals surface area contributed by atoms with Gasteiger partial charge in [-0.2, -0.15) is 0 Å². The first-order chi connectivity index (χ1) is 7.75. The molecule has 0 bridgehead atoms. The van der Waals surface area contributed by atoms with Crippen molar-refractivity contribution in [3.63, 3.8) is 0 Å². The summed E-state index contributed by atoms with van der Waals surface area (Å²) >= 11 is 5.91. The summed E-state index contributed by atoms with van der Waals surface area (Å²) < 4.78 is 18.3. The molecule has 1 fully saturated rings. The van der Waals surface area contributed by atoms with E-state index in [1.54, 1.807) is 6.07 Å². The normalized spacial score (nSPS) is 20.2. The number of rotatable bonds is 4. The highest BCUT2D eigenvalue weighted by molar-refractivity contribution is 6.31. The van der Waals surface area contributed by atoms with Gasteiger partial charge >= 0.3 is 0 Å². The summed E-state index contributed by atoms with van der Waals surface area (Å²) in [6.07, 6.45) is 2.58. The summed E-state index contributed by atoms with van der Waals surface area (Å²) in [4.78, 5) is 0. The van der Waals surface area contributed by atoms with Gasteiger partial charge in [-0.05, 0) is 30.5 Å². The van der Waals surface area contributed by atoms with E-state index in [0.717, 1.165) is 31.6 Å². The first kappa shape index (κ1) is 11.8. The van der Waals surface area contributed by atoms with Crippen LogP contribution < -0.4 is 5.32 Å². The van der Waals surface area contributed by atoms with Gasteiger partial charge in [-0.15, -0.1) is 0 Å². The van der Waals surface area contributed by atoms with Gasteiger partial charge in [0.1, 0.15) is 5.82 Å². The lowest BCUT2D eigenvalue weighted by Crippen LogP contribution is -2.25. The molecular weight excluding hydrogens is 229 g/mol. The second kappa shape index (κ2) is 5.62. The van der Waals surface area contributed by atoms with Crippen LogP contribution in [-0.2, 0) is 11.3 Å². The predicted octanol–water partition coefficient (Wildman–Crippen LogP) is 2.75. The van der Waals surface area contributed by atoms with Gasteiger partial charge in [-0.3, -0.25) is 0 Å². The Morgan fingerprint density at radius 1 is 1.50 bits per heavy atom. The maximum atomic E-state index is 12.8. The molecule has 1 aliphatic heterocycles. The Bertz CT molecular complexity index is 353. The average molecular weight is 244 g/mol. The minimum absolute atomic E-state index is 0.298. The van der Waals surface area contributed by atoms with Crippen molar-refractivity contribution >= 4 is 11.6 Å². The summed E-state index contributed by atoms with van der Waals surface area (Å²) in [5.74, 6) is -0.298. The van der Waals surface area contributed by atoms with Crippen molar-refractivity contribution in [2.75, 3.05) is 13.2 Å². The van der Waals surface area contributed by atoms with Gasteiger partial charge in [0.15, 0.2) is 0 Å². The molecule has 1 saturated heterocycles. The molecule has 0 saturated carbocycles. The van der Waals surface area contributed by atoms with Crippen LogP contribution in [0.1, 0.15) is 18.4 Å². The van der Waals surface area contributed by atoms with E-state index in [9.17, 15) is 4.39 Å². The first-order valence-corrected chi connectivity index (χ1v) is 5.90. The Kier molecular flexibility index (Phi) is 4.16. The molecule has 0 spiro atoms. The highest BCUT2D eigenvalue weighted by Gasteiger charge is 2.14. The van der Waals surface area contributed by atoms with Gasteiger partial charge in [-0.1, -0.05) is 17.7 Å². The van der Waals surface area contributed by atoms with Gasteiger partial charge in [-0.25, -0.2) is 4.39 Å². The molecule has 0 radical (unpaired) electrons. The lowest BCUT2D eigenvalue weighted by Gasteiger charge is -2.11. The minimum Gasteiger partial charge on any atom is -0.377 e. The Morgan fingerprint density at radius 2 is 2.38 bits per heavy atom. The maximum Gasteiger partial charge on any atom is 0.124 e. The molecule has 1 unspecified atom stereocenters. The van der Waals surface area contributed by atoms with Gasteiger partial charge in [0, 0.05) is 24.7 Å². The Labute approximate surface area is 99.7 Å². The third kappa shape index (κ3) is 3.17. The van der Waals surface area contributed by atoms with E-state index >= 15 is 0 Å². The van der Waals surface area contributed by atoms with E-state index in [1.165, 1.54) is 12.1 Å². The molecule has 16 heavy (non-hydrogen) atoms. The largest absolute Gasteiger partial charge is 0.377 e. The van der Waals surface area contributed by atoms with E-state index in [-0.39, 0.29) is 5.82 Å². The SMILES string of the molecule is Fc1ccc(CNCC2CCCO2)c(Cl)c1. The number of ether oxygens (including phenoxy) is 1. The van der Waals surface area contributed by atoms with Crippen LogP contribution in [0.2, 0.25) is 5.02 Å². The second-order valence-corrected chi connectivity index (χ2v) is 4.41. The number of benzene rings is 1.